The molecule has 0 spiro atoms. The van der Waals surface area contributed by atoms with Gasteiger partial charge in [-0.05, 0) is 31.2 Å². The second kappa shape index (κ2) is 9.34. The molecular weight excluding hydrogens is 380 g/mol. The molecule has 2 heterocycles. The van der Waals surface area contributed by atoms with Crippen molar-refractivity contribution in [1.29, 1.82) is 0 Å². The van der Waals surface area contributed by atoms with Crippen molar-refractivity contribution >= 4 is 39.3 Å². The van der Waals surface area contributed by atoms with Crippen molar-refractivity contribution in [3.05, 3.63) is 45.6 Å². The number of aromatic nitrogens is 3. The monoisotopic (exact) mass is 404 g/mol. The number of anilines is 1. The highest BCUT2D eigenvalue weighted by atomic mass is 32.2. The smallest absolute Gasteiger partial charge is 0.306 e. The second-order valence-electron chi connectivity index (χ2n) is 6.70. The van der Waals surface area contributed by atoms with Gasteiger partial charge in [0.1, 0.15) is 4.70 Å². The summed E-state index contributed by atoms with van der Waals surface area (Å²) in [6, 6.07) is 10.4. The standard InChI is InChI=1S/C19H24N4O2S2/c1-12(11-24)10-13(2)20-16-15-17(23-19(25)27-15)22-18(21-16)26-9-8-14-6-4-3-5-7-14/h3-7,12-13,24H,8-11H2,1-2H3,(H2,20,21,22,23,25)/t12-,13?/m1/s1. The molecule has 0 aliphatic heterocycles. The average Bonchev–Trinajstić information content (AvgIpc) is 3.03. The predicted molar refractivity (Wildman–Crippen MR) is 113 cm³/mol. The molecule has 144 valence electrons. The van der Waals surface area contributed by atoms with Gasteiger partial charge in [-0.3, -0.25) is 9.78 Å². The SMILES string of the molecule is CC(C[C@@H](C)CO)Nc1nc(SCCc2ccccc2)nc2[nH]c(=O)sc12. The number of aliphatic hydroxyl groups excluding tert-OH is 1. The Hall–Kier alpha value is -1.90. The van der Waals surface area contributed by atoms with Crippen LogP contribution in [0.15, 0.2) is 40.3 Å². The Morgan fingerprint density at radius 2 is 2.04 bits per heavy atom. The number of aromatic amines is 1. The van der Waals surface area contributed by atoms with Crippen molar-refractivity contribution in [2.75, 3.05) is 17.7 Å². The number of H-pyrrole nitrogens is 1. The van der Waals surface area contributed by atoms with E-state index < -0.39 is 0 Å². The number of rotatable bonds is 9. The van der Waals surface area contributed by atoms with E-state index >= 15 is 0 Å². The number of fused-ring (bicyclic) bond motifs is 1. The molecule has 2 atom stereocenters. The topological polar surface area (TPSA) is 90.9 Å². The third kappa shape index (κ3) is 5.54. The molecule has 0 saturated heterocycles. The molecule has 1 aromatic carbocycles. The van der Waals surface area contributed by atoms with Gasteiger partial charge in [0, 0.05) is 18.4 Å². The van der Waals surface area contributed by atoms with Crippen molar-refractivity contribution in [2.24, 2.45) is 5.92 Å². The van der Waals surface area contributed by atoms with Gasteiger partial charge in [-0.2, -0.15) is 0 Å². The average molecular weight is 405 g/mol. The third-order valence-corrected chi connectivity index (χ3v) is 5.90. The van der Waals surface area contributed by atoms with Crippen LogP contribution in [-0.4, -0.2) is 38.5 Å². The number of nitrogens with zero attached hydrogens (tertiary/aromatic N) is 2. The van der Waals surface area contributed by atoms with Gasteiger partial charge < -0.3 is 10.4 Å². The van der Waals surface area contributed by atoms with Gasteiger partial charge in [0.25, 0.3) is 0 Å². The molecular formula is C19H24N4O2S2. The maximum atomic E-state index is 11.8. The molecule has 3 rings (SSSR count). The molecule has 27 heavy (non-hydrogen) atoms. The summed E-state index contributed by atoms with van der Waals surface area (Å²) in [5.74, 6) is 1.75. The van der Waals surface area contributed by atoms with E-state index in [1.165, 1.54) is 5.56 Å². The van der Waals surface area contributed by atoms with Gasteiger partial charge in [0.15, 0.2) is 16.6 Å². The fourth-order valence-electron chi connectivity index (χ4n) is 2.86. The van der Waals surface area contributed by atoms with Gasteiger partial charge in [-0.1, -0.05) is 60.4 Å². The highest BCUT2D eigenvalue weighted by Gasteiger charge is 2.15. The first-order chi connectivity index (χ1) is 13.0. The lowest BCUT2D eigenvalue weighted by Gasteiger charge is -2.18. The Balaban J connectivity index is 1.74. The van der Waals surface area contributed by atoms with Crippen LogP contribution in [0.3, 0.4) is 0 Å². The van der Waals surface area contributed by atoms with Gasteiger partial charge in [-0.25, -0.2) is 9.97 Å². The Morgan fingerprint density at radius 3 is 2.78 bits per heavy atom. The summed E-state index contributed by atoms with van der Waals surface area (Å²) in [6.07, 6.45) is 1.75. The number of aliphatic hydroxyl groups is 1. The highest BCUT2D eigenvalue weighted by molar-refractivity contribution is 7.99. The van der Waals surface area contributed by atoms with E-state index in [9.17, 15) is 9.90 Å². The van der Waals surface area contributed by atoms with Crippen LogP contribution >= 0.6 is 23.1 Å². The van der Waals surface area contributed by atoms with Crippen molar-refractivity contribution in [2.45, 2.75) is 37.9 Å². The number of hydrogen-bond donors (Lipinski definition) is 3. The summed E-state index contributed by atoms with van der Waals surface area (Å²) in [6.45, 7) is 4.22. The van der Waals surface area contributed by atoms with E-state index in [0.29, 0.717) is 16.6 Å². The summed E-state index contributed by atoms with van der Waals surface area (Å²) in [5, 5.41) is 13.3. The van der Waals surface area contributed by atoms with Crippen LogP contribution in [0.5, 0.6) is 0 Å². The quantitative estimate of drug-likeness (QED) is 0.373. The summed E-state index contributed by atoms with van der Waals surface area (Å²) < 4.78 is 0.746. The number of thiazole rings is 1. The Morgan fingerprint density at radius 1 is 1.26 bits per heavy atom. The van der Waals surface area contributed by atoms with Crippen molar-refractivity contribution in [1.82, 2.24) is 15.0 Å². The largest absolute Gasteiger partial charge is 0.396 e. The van der Waals surface area contributed by atoms with Gasteiger partial charge >= 0.3 is 4.87 Å². The molecule has 0 radical (unpaired) electrons. The molecule has 0 fully saturated rings. The molecule has 0 aliphatic carbocycles. The normalized spacial score (nSPS) is 13.6. The Labute approximate surface area is 166 Å². The number of hydrogen-bond acceptors (Lipinski definition) is 7. The molecule has 2 aromatic heterocycles. The van der Waals surface area contributed by atoms with E-state index in [1.807, 2.05) is 25.1 Å². The minimum Gasteiger partial charge on any atom is -0.396 e. The number of benzene rings is 1. The first-order valence-corrected chi connectivity index (χ1v) is 10.8. The first kappa shape index (κ1) is 19.9. The minimum atomic E-state index is -0.134. The van der Waals surface area contributed by atoms with Crippen LogP contribution in [0, 0.1) is 5.92 Å². The predicted octanol–water partition coefficient (Wildman–Crippen LogP) is 3.53. The van der Waals surface area contributed by atoms with Crippen LogP contribution in [0.4, 0.5) is 5.82 Å². The summed E-state index contributed by atoms with van der Waals surface area (Å²) in [5.41, 5.74) is 1.85. The molecule has 3 aromatic rings. The highest BCUT2D eigenvalue weighted by Crippen LogP contribution is 2.26. The second-order valence-corrected chi connectivity index (χ2v) is 8.75. The zero-order valence-electron chi connectivity index (χ0n) is 15.4. The maximum absolute atomic E-state index is 11.8. The zero-order chi connectivity index (χ0) is 19.2. The third-order valence-electron chi connectivity index (χ3n) is 4.18. The van der Waals surface area contributed by atoms with E-state index in [2.05, 4.69) is 39.3 Å². The van der Waals surface area contributed by atoms with Gasteiger partial charge in [0.05, 0.1) is 0 Å². The lowest BCUT2D eigenvalue weighted by Crippen LogP contribution is -2.20. The molecule has 6 nitrogen and oxygen atoms in total. The number of aryl methyl sites for hydroxylation is 1. The molecule has 0 saturated carbocycles. The maximum Gasteiger partial charge on any atom is 0.306 e. The van der Waals surface area contributed by atoms with E-state index in [1.54, 1.807) is 11.8 Å². The van der Waals surface area contributed by atoms with Crippen LogP contribution in [-0.2, 0) is 6.42 Å². The van der Waals surface area contributed by atoms with Crippen LogP contribution < -0.4 is 10.2 Å². The van der Waals surface area contributed by atoms with E-state index in [4.69, 9.17) is 0 Å². The lowest BCUT2D eigenvalue weighted by atomic mass is 10.0. The summed E-state index contributed by atoms with van der Waals surface area (Å²) in [4.78, 5) is 23.6. The minimum absolute atomic E-state index is 0.129. The van der Waals surface area contributed by atoms with Crippen molar-refractivity contribution in [3.63, 3.8) is 0 Å². The van der Waals surface area contributed by atoms with Gasteiger partial charge in [-0.15, -0.1) is 0 Å². The van der Waals surface area contributed by atoms with Crippen molar-refractivity contribution in [3.8, 4) is 0 Å². The van der Waals surface area contributed by atoms with Crippen LogP contribution in [0.25, 0.3) is 10.3 Å². The lowest BCUT2D eigenvalue weighted by molar-refractivity contribution is 0.226. The van der Waals surface area contributed by atoms with Crippen molar-refractivity contribution < 1.29 is 5.11 Å². The van der Waals surface area contributed by atoms with Crippen LogP contribution in [0.1, 0.15) is 25.8 Å². The molecule has 3 N–H and O–H groups in total. The fourth-order valence-corrected chi connectivity index (χ4v) is 4.42. The molecule has 8 heteroatoms. The molecule has 0 amide bonds. The molecule has 1 unspecified atom stereocenters. The van der Waals surface area contributed by atoms with Crippen LogP contribution in [0.2, 0.25) is 0 Å². The number of nitrogens with one attached hydrogen (secondary N) is 2. The number of thioether (sulfide) groups is 1. The molecule has 0 bridgehead atoms. The first-order valence-electron chi connectivity index (χ1n) is 9.00. The van der Waals surface area contributed by atoms with E-state index in [0.717, 1.165) is 34.6 Å². The fraction of sp³-hybridized carbons (Fsp3) is 0.421. The van der Waals surface area contributed by atoms with Gasteiger partial charge in [0.2, 0.25) is 0 Å². The summed E-state index contributed by atoms with van der Waals surface area (Å²) in [7, 11) is 0. The zero-order valence-corrected chi connectivity index (χ0v) is 17.1. The van der Waals surface area contributed by atoms with E-state index in [-0.39, 0.29) is 23.4 Å². The molecule has 0 aliphatic rings. The Bertz CT molecular complexity index is 926. The summed E-state index contributed by atoms with van der Waals surface area (Å²) >= 11 is 2.70. The Kier molecular flexibility index (Phi) is 6.87.